The number of rotatable bonds is 3. The zero-order valence-electron chi connectivity index (χ0n) is 15.3. The fourth-order valence-electron chi connectivity index (χ4n) is 4.19. The summed E-state index contributed by atoms with van der Waals surface area (Å²) in [6, 6.07) is 3.69. The highest BCUT2D eigenvalue weighted by molar-refractivity contribution is 5.92. The lowest BCUT2D eigenvalue weighted by Crippen LogP contribution is -2.30. The number of nitrogens with zero attached hydrogens (tertiary/aromatic N) is 3. The average molecular weight is 416 g/mol. The van der Waals surface area contributed by atoms with Gasteiger partial charge in [0.25, 0.3) is 0 Å². The van der Waals surface area contributed by atoms with Crippen molar-refractivity contribution in [1.82, 2.24) is 9.55 Å². The summed E-state index contributed by atoms with van der Waals surface area (Å²) >= 11 is 0. The quantitative estimate of drug-likeness (QED) is 0.676. The van der Waals surface area contributed by atoms with Gasteiger partial charge in [-0.2, -0.15) is 0 Å². The number of fused-ring (bicyclic) bond motifs is 2. The zero-order valence-corrected chi connectivity index (χ0v) is 15.3. The number of nitrogens with two attached hydrogens (primary N) is 1. The summed E-state index contributed by atoms with van der Waals surface area (Å²) in [6.45, 7) is 1.01. The van der Waals surface area contributed by atoms with Gasteiger partial charge in [-0.3, -0.25) is 9.36 Å². The van der Waals surface area contributed by atoms with Crippen LogP contribution in [0.3, 0.4) is 0 Å². The highest BCUT2D eigenvalue weighted by atomic mass is 19.1. The van der Waals surface area contributed by atoms with Crippen molar-refractivity contribution in [2.24, 2.45) is 17.6 Å². The second-order valence-corrected chi connectivity index (χ2v) is 7.62. The summed E-state index contributed by atoms with van der Waals surface area (Å²) in [4.78, 5) is 30.1. The number of aromatic nitrogens is 2. The van der Waals surface area contributed by atoms with Crippen molar-refractivity contribution >= 4 is 22.8 Å². The van der Waals surface area contributed by atoms with E-state index in [0.29, 0.717) is 19.2 Å². The number of pyridine rings is 2. The Kier molecular flexibility index (Phi) is 3.91. The van der Waals surface area contributed by atoms with Crippen LogP contribution in [0.4, 0.5) is 19.0 Å². The van der Waals surface area contributed by atoms with Gasteiger partial charge in [-0.05, 0) is 30.0 Å². The second-order valence-electron chi connectivity index (χ2n) is 7.62. The number of hydrogen-bond donors (Lipinski definition) is 2. The summed E-state index contributed by atoms with van der Waals surface area (Å²) in [7, 11) is 0. The smallest absolute Gasteiger partial charge is 0.341 e. The van der Waals surface area contributed by atoms with E-state index < -0.39 is 34.4 Å². The van der Waals surface area contributed by atoms with Crippen molar-refractivity contribution < 1.29 is 23.1 Å². The van der Waals surface area contributed by atoms with E-state index in [0.717, 1.165) is 29.0 Å². The molecule has 5 rings (SSSR count). The molecular formula is C20H15F3N4O3. The molecule has 154 valence electrons. The maximum Gasteiger partial charge on any atom is 0.341 e. The van der Waals surface area contributed by atoms with Crippen LogP contribution in [0, 0.1) is 29.3 Å². The Hall–Kier alpha value is -3.40. The SMILES string of the molecule is N[C@H]1[C@H]2CN(c3nc4c(cc3F)c(=O)c(C(=O)O)cn4-c3ccc(F)cc3F)C[C@@H]12. The number of halogens is 3. The van der Waals surface area contributed by atoms with Crippen molar-refractivity contribution in [1.29, 1.82) is 0 Å². The van der Waals surface area contributed by atoms with Crippen LogP contribution in [0.1, 0.15) is 10.4 Å². The summed E-state index contributed by atoms with van der Waals surface area (Å²) in [6.07, 6.45) is 0.912. The fourth-order valence-corrected chi connectivity index (χ4v) is 4.19. The Morgan fingerprint density at radius 2 is 1.83 bits per heavy atom. The standard InChI is InChI=1S/C20H15F3N4O3/c21-8-1-2-15(13(22)3-8)27-7-12(20(29)30)17(28)9-4-14(23)19(25-18(9)27)26-5-10-11(6-26)16(10)24/h1-4,7,10-11,16H,5-6,24H2,(H,29,30)/t10-,11+,16-. The van der Waals surface area contributed by atoms with E-state index in [1.807, 2.05) is 0 Å². The van der Waals surface area contributed by atoms with Crippen molar-refractivity contribution in [3.05, 3.63) is 63.7 Å². The topological polar surface area (TPSA) is 101 Å². The molecule has 0 spiro atoms. The molecule has 1 aliphatic heterocycles. The maximum atomic E-state index is 14.8. The monoisotopic (exact) mass is 416 g/mol. The molecule has 1 saturated carbocycles. The normalized spacial score (nSPS) is 22.4. The van der Waals surface area contributed by atoms with Crippen LogP contribution in [0.2, 0.25) is 0 Å². The number of hydrogen-bond acceptors (Lipinski definition) is 5. The molecule has 2 aromatic heterocycles. The van der Waals surface area contributed by atoms with Gasteiger partial charge in [0, 0.05) is 31.4 Å². The molecule has 10 heteroatoms. The Labute approximate surface area is 167 Å². The molecule has 3 atom stereocenters. The fraction of sp³-hybridized carbons (Fsp3) is 0.250. The molecule has 3 N–H and O–H groups in total. The molecule has 0 bridgehead atoms. The molecule has 2 aliphatic rings. The third-order valence-corrected chi connectivity index (χ3v) is 5.87. The first-order valence-corrected chi connectivity index (χ1v) is 9.21. The van der Waals surface area contributed by atoms with Crippen LogP contribution < -0.4 is 16.1 Å². The third-order valence-electron chi connectivity index (χ3n) is 5.87. The van der Waals surface area contributed by atoms with E-state index in [1.54, 1.807) is 4.90 Å². The number of benzene rings is 1. The number of carboxylic acids is 1. The van der Waals surface area contributed by atoms with E-state index in [9.17, 15) is 27.9 Å². The Balaban J connectivity index is 1.76. The lowest BCUT2D eigenvalue weighted by molar-refractivity contribution is 0.0695. The van der Waals surface area contributed by atoms with E-state index >= 15 is 0 Å². The third kappa shape index (κ3) is 2.67. The molecule has 1 aliphatic carbocycles. The average Bonchev–Trinajstić information content (AvgIpc) is 3.10. The van der Waals surface area contributed by atoms with Gasteiger partial charge >= 0.3 is 5.97 Å². The minimum absolute atomic E-state index is 0.0272. The van der Waals surface area contributed by atoms with E-state index in [4.69, 9.17) is 5.73 Å². The van der Waals surface area contributed by atoms with Crippen molar-refractivity contribution in [3.63, 3.8) is 0 Å². The van der Waals surface area contributed by atoms with Gasteiger partial charge in [-0.1, -0.05) is 0 Å². The van der Waals surface area contributed by atoms with Gasteiger partial charge < -0.3 is 15.7 Å². The van der Waals surface area contributed by atoms with Gasteiger partial charge in [0.1, 0.15) is 17.2 Å². The van der Waals surface area contributed by atoms with Crippen LogP contribution in [0.5, 0.6) is 0 Å². The molecule has 1 aromatic carbocycles. The molecule has 7 nitrogen and oxygen atoms in total. The van der Waals surface area contributed by atoms with E-state index in [1.165, 1.54) is 0 Å². The summed E-state index contributed by atoms with van der Waals surface area (Å²) in [5.41, 5.74) is 3.94. The molecule has 2 fully saturated rings. The lowest BCUT2D eigenvalue weighted by Gasteiger charge is -2.22. The maximum absolute atomic E-state index is 14.8. The molecule has 3 aromatic rings. The molecular weight excluding hydrogens is 401 g/mol. The number of carbonyl (C=O) groups is 1. The van der Waals surface area contributed by atoms with Crippen molar-refractivity contribution in [3.8, 4) is 5.69 Å². The van der Waals surface area contributed by atoms with Gasteiger partial charge in [0.15, 0.2) is 17.3 Å². The zero-order chi connectivity index (χ0) is 21.3. The van der Waals surface area contributed by atoms with Gasteiger partial charge in [-0.15, -0.1) is 0 Å². The highest BCUT2D eigenvalue weighted by Gasteiger charge is 2.54. The molecule has 0 radical (unpaired) electrons. The van der Waals surface area contributed by atoms with Crippen LogP contribution in [-0.4, -0.2) is 39.8 Å². The van der Waals surface area contributed by atoms with Gasteiger partial charge in [0.05, 0.1) is 11.1 Å². The number of piperidine rings is 1. The predicted octanol–water partition coefficient (Wildman–Crippen LogP) is 1.89. The van der Waals surface area contributed by atoms with Crippen LogP contribution in [0.25, 0.3) is 16.7 Å². The van der Waals surface area contributed by atoms with Crippen LogP contribution in [0.15, 0.2) is 35.3 Å². The summed E-state index contributed by atoms with van der Waals surface area (Å²) in [5, 5.41) is 9.05. The minimum Gasteiger partial charge on any atom is -0.477 e. The first kappa shape index (κ1) is 18.6. The molecule has 30 heavy (non-hydrogen) atoms. The van der Waals surface area contributed by atoms with Crippen LogP contribution in [-0.2, 0) is 0 Å². The summed E-state index contributed by atoms with van der Waals surface area (Å²) in [5.74, 6) is -3.70. The van der Waals surface area contributed by atoms with E-state index in [2.05, 4.69) is 4.98 Å². The largest absolute Gasteiger partial charge is 0.477 e. The summed E-state index contributed by atoms with van der Waals surface area (Å²) < 4.78 is 43.7. The molecule has 0 unspecified atom stereocenters. The number of anilines is 1. The minimum atomic E-state index is -1.56. The number of aromatic carboxylic acids is 1. The first-order valence-electron chi connectivity index (χ1n) is 9.21. The van der Waals surface area contributed by atoms with Crippen molar-refractivity contribution in [2.45, 2.75) is 6.04 Å². The first-order chi connectivity index (χ1) is 14.3. The van der Waals surface area contributed by atoms with Gasteiger partial charge in [0.2, 0.25) is 5.43 Å². The lowest BCUT2D eigenvalue weighted by atomic mass is 10.1. The van der Waals surface area contributed by atoms with Crippen LogP contribution >= 0.6 is 0 Å². The molecule has 3 heterocycles. The molecule has 1 saturated heterocycles. The Bertz CT molecular complexity index is 1280. The second kappa shape index (κ2) is 6.30. The van der Waals surface area contributed by atoms with E-state index in [-0.39, 0.29) is 40.4 Å². The highest BCUT2D eigenvalue weighted by Crippen LogP contribution is 2.45. The Morgan fingerprint density at radius 1 is 1.13 bits per heavy atom. The van der Waals surface area contributed by atoms with Crippen molar-refractivity contribution in [2.75, 3.05) is 18.0 Å². The number of carboxylic acid groups (broad SMARTS) is 1. The molecule has 0 amide bonds. The predicted molar refractivity (Wildman–Crippen MR) is 101 cm³/mol. The Morgan fingerprint density at radius 3 is 2.47 bits per heavy atom. The van der Waals surface area contributed by atoms with Gasteiger partial charge in [-0.25, -0.2) is 22.9 Å².